The predicted molar refractivity (Wildman–Crippen MR) is 183 cm³/mol. The van der Waals surface area contributed by atoms with Gasteiger partial charge in [0.05, 0.1) is 19.3 Å². The number of rotatable bonds is 10. The van der Waals surface area contributed by atoms with Gasteiger partial charge < -0.3 is 28.4 Å². The number of Topliss-reactive ketones (excluding diaryl/α,β-unsaturated/α-hetero) is 2. The molecular formula is C39H60O14. The number of hydrogen-bond donors (Lipinski definition) is 0. The lowest BCUT2D eigenvalue weighted by Crippen LogP contribution is -2.70. The van der Waals surface area contributed by atoms with Gasteiger partial charge in [-0.05, 0) is 76.0 Å². The van der Waals surface area contributed by atoms with Crippen molar-refractivity contribution < 1.29 is 70.0 Å². The average Bonchev–Trinajstić information content (AvgIpc) is 3.49. The van der Waals surface area contributed by atoms with Gasteiger partial charge in [0.15, 0.2) is 23.8 Å². The highest BCUT2D eigenvalue weighted by molar-refractivity contribution is 6.00. The second-order valence-corrected chi connectivity index (χ2v) is 17.8. The minimum atomic E-state index is -0.946. The molecule has 0 unspecified atom stereocenters. The standard InChI is InChI=1S/C39H56O14.2H2/c1-20-7-11-28-22(3)32(46-34-38(28)26(20)15-17-36(5,48-34)50-52-38)44-30(42)13-9-24(40)19-25(41)10-14-31(43)45-33-23(4)29-12-8-21(2)27-16-18-37(6)49-35(47-33)39(27,29)53-51-37;;/h20-23,26-29,32-35H,7-19H2,1-6H3;2*1H/t20-,21-,22-,23-,26+,27+,28+,29+,32-,33-,34-,35-,36-,37+,38-,39-;;/m1../s1. The molecule has 2 saturated carbocycles. The van der Waals surface area contributed by atoms with Crippen LogP contribution in [0.25, 0.3) is 0 Å². The summed E-state index contributed by atoms with van der Waals surface area (Å²) in [6.45, 7) is 12.1. The maximum Gasteiger partial charge on any atom is 0.308 e. The van der Waals surface area contributed by atoms with Crippen LogP contribution in [0.1, 0.15) is 128 Å². The summed E-state index contributed by atoms with van der Waals surface area (Å²) in [6.07, 6.45) is 2.52. The number of hydrogen-bond acceptors (Lipinski definition) is 14. The second-order valence-electron chi connectivity index (χ2n) is 17.8. The Bertz CT molecular complexity index is 1380. The fraction of sp³-hybridized carbons (Fsp3) is 0.897. The zero-order valence-corrected chi connectivity index (χ0v) is 31.8. The van der Waals surface area contributed by atoms with Crippen molar-refractivity contribution in [2.75, 3.05) is 0 Å². The lowest BCUT2D eigenvalue weighted by atomic mass is 9.58. The molecule has 300 valence electrons. The molecule has 4 bridgehead atoms. The molecular weight excluding hydrogens is 692 g/mol. The molecule has 8 heterocycles. The number of esters is 2. The molecule has 53 heavy (non-hydrogen) atoms. The second kappa shape index (κ2) is 13.9. The van der Waals surface area contributed by atoms with Crippen molar-refractivity contribution in [1.29, 1.82) is 0 Å². The maximum atomic E-state index is 13.0. The molecule has 0 radical (unpaired) electrons. The van der Waals surface area contributed by atoms with Crippen molar-refractivity contribution >= 4 is 23.5 Å². The fourth-order valence-corrected chi connectivity index (χ4v) is 11.3. The summed E-state index contributed by atoms with van der Waals surface area (Å²) in [7, 11) is 0. The normalized spacial score (nSPS) is 49.5. The molecule has 10 fully saturated rings. The molecule has 0 amide bonds. The van der Waals surface area contributed by atoms with E-state index in [9.17, 15) is 19.2 Å². The van der Waals surface area contributed by atoms with Crippen molar-refractivity contribution in [2.24, 2.45) is 47.3 Å². The van der Waals surface area contributed by atoms with Crippen molar-refractivity contribution in [3.63, 3.8) is 0 Å². The molecule has 14 heteroatoms. The number of carbonyl (C=O) groups is 4. The number of carbonyl (C=O) groups excluding carboxylic acids is 4. The third-order valence-corrected chi connectivity index (χ3v) is 14.3. The minimum Gasteiger partial charge on any atom is -0.435 e. The Kier molecular flexibility index (Phi) is 9.90. The zero-order chi connectivity index (χ0) is 37.5. The predicted octanol–water partition coefficient (Wildman–Crippen LogP) is 6.07. The molecule has 8 saturated heterocycles. The Morgan fingerprint density at radius 2 is 0.981 bits per heavy atom. The van der Waals surface area contributed by atoms with Crippen LogP contribution in [0.5, 0.6) is 0 Å². The van der Waals surface area contributed by atoms with Crippen LogP contribution in [0.3, 0.4) is 0 Å². The largest absolute Gasteiger partial charge is 0.435 e. The summed E-state index contributed by atoms with van der Waals surface area (Å²) >= 11 is 0. The quantitative estimate of drug-likeness (QED) is 0.144. The van der Waals surface area contributed by atoms with E-state index in [2.05, 4.69) is 13.8 Å². The van der Waals surface area contributed by atoms with Gasteiger partial charge in [-0.3, -0.25) is 19.2 Å². The molecule has 10 aliphatic rings. The highest BCUT2D eigenvalue weighted by Gasteiger charge is 2.71. The van der Waals surface area contributed by atoms with Crippen LogP contribution in [0.2, 0.25) is 0 Å². The van der Waals surface area contributed by atoms with E-state index in [0.717, 1.165) is 38.5 Å². The van der Waals surface area contributed by atoms with Gasteiger partial charge in [-0.2, -0.15) is 0 Å². The highest BCUT2D eigenvalue weighted by atomic mass is 17.3. The van der Waals surface area contributed by atoms with Gasteiger partial charge in [-0.25, -0.2) is 19.6 Å². The van der Waals surface area contributed by atoms with Gasteiger partial charge in [0.25, 0.3) is 0 Å². The first kappa shape index (κ1) is 37.9. The first-order valence-electron chi connectivity index (χ1n) is 20.0. The van der Waals surface area contributed by atoms with Crippen LogP contribution >= 0.6 is 0 Å². The number of fused-ring (bicyclic) bond motifs is 4. The summed E-state index contributed by atoms with van der Waals surface area (Å²) in [4.78, 5) is 75.4. The summed E-state index contributed by atoms with van der Waals surface area (Å²) in [5, 5.41) is 0. The molecule has 8 aliphatic heterocycles. The Morgan fingerprint density at radius 1 is 0.566 bits per heavy atom. The number of ketones is 2. The van der Waals surface area contributed by atoms with Gasteiger partial charge >= 0.3 is 11.9 Å². The fourth-order valence-electron chi connectivity index (χ4n) is 11.3. The lowest BCUT2D eigenvalue weighted by molar-refractivity contribution is -0.576. The smallest absolute Gasteiger partial charge is 0.308 e. The summed E-state index contributed by atoms with van der Waals surface area (Å²) in [5.41, 5.74) is -1.54. The molecule has 0 aromatic carbocycles. The van der Waals surface area contributed by atoms with Gasteiger partial charge in [0.2, 0.25) is 24.2 Å². The summed E-state index contributed by atoms with van der Waals surface area (Å²) in [5.74, 6) is -3.10. The van der Waals surface area contributed by atoms with Gasteiger partial charge in [0.1, 0.15) is 11.6 Å². The lowest BCUT2D eigenvalue weighted by Gasteiger charge is -2.59. The SMILES string of the molecule is C[C@H]1[C@H](OC(=O)CCC(=O)CC(=O)CCC(=O)O[C@@H]2O[C@@H]3O[C@]4(C)CC[C@H]5[C@H](C)CC[C@@H]([C@H]2C)[C@@]35OO4)O[C@@H]2O[C@@]3(C)CC[C@H]4[C@H](C)CC[C@@H]1[C@@]24OO3.[HH].[HH]. The van der Waals surface area contributed by atoms with E-state index in [-0.39, 0.29) is 70.5 Å². The topological polar surface area (TPSA) is 161 Å². The molecule has 0 aromatic rings. The Hall–Kier alpha value is -2.04. The highest BCUT2D eigenvalue weighted by Crippen LogP contribution is 2.62. The van der Waals surface area contributed by atoms with E-state index in [1.807, 2.05) is 27.7 Å². The molecule has 14 nitrogen and oxygen atoms in total. The van der Waals surface area contributed by atoms with Crippen LogP contribution < -0.4 is 0 Å². The Balaban J connectivity index is 0.00000257. The van der Waals surface area contributed by atoms with E-state index < -0.39 is 71.4 Å². The molecule has 2 spiro atoms. The van der Waals surface area contributed by atoms with Crippen LogP contribution in [0, 0.1) is 47.3 Å². The van der Waals surface area contributed by atoms with Crippen molar-refractivity contribution in [1.82, 2.24) is 0 Å². The Morgan fingerprint density at radius 3 is 1.40 bits per heavy atom. The maximum absolute atomic E-state index is 13.0. The number of ether oxygens (including phenoxy) is 6. The van der Waals surface area contributed by atoms with E-state index in [4.69, 9.17) is 48.0 Å². The van der Waals surface area contributed by atoms with Crippen LogP contribution in [-0.2, 0) is 67.1 Å². The van der Waals surface area contributed by atoms with Crippen LogP contribution in [0.4, 0.5) is 0 Å². The van der Waals surface area contributed by atoms with Crippen LogP contribution in [-0.4, -0.2) is 71.4 Å². The summed E-state index contributed by atoms with van der Waals surface area (Å²) < 4.78 is 36.8. The first-order chi connectivity index (χ1) is 25.2. The van der Waals surface area contributed by atoms with Crippen molar-refractivity contribution in [3.05, 3.63) is 0 Å². The molecule has 16 atom stereocenters. The molecule has 0 N–H and O–H groups in total. The molecule has 0 aromatic heterocycles. The van der Waals surface area contributed by atoms with Crippen molar-refractivity contribution in [3.8, 4) is 0 Å². The van der Waals surface area contributed by atoms with E-state index in [1.165, 1.54) is 0 Å². The Labute approximate surface area is 313 Å². The first-order valence-corrected chi connectivity index (χ1v) is 20.0. The van der Waals surface area contributed by atoms with E-state index in [0.29, 0.717) is 24.7 Å². The zero-order valence-electron chi connectivity index (χ0n) is 31.8. The van der Waals surface area contributed by atoms with Crippen LogP contribution in [0.15, 0.2) is 0 Å². The van der Waals surface area contributed by atoms with Gasteiger partial charge in [-0.1, -0.05) is 27.7 Å². The van der Waals surface area contributed by atoms with E-state index in [1.54, 1.807) is 0 Å². The van der Waals surface area contributed by atoms with E-state index >= 15 is 0 Å². The van der Waals surface area contributed by atoms with Gasteiger partial charge in [0, 0.05) is 52.2 Å². The summed E-state index contributed by atoms with van der Waals surface area (Å²) in [6, 6.07) is 0. The van der Waals surface area contributed by atoms with Gasteiger partial charge in [-0.15, -0.1) is 0 Å². The van der Waals surface area contributed by atoms with Crippen molar-refractivity contribution in [2.45, 2.75) is 173 Å². The molecule has 10 rings (SSSR count). The third-order valence-electron chi connectivity index (χ3n) is 14.3. The average molecular weight is 753 g/mol. The minimum absolute atomic E-state index is 0. The molecule has 2 aliphatic carbocycles. The monoisotopic (exact) mass is 752 g/mol. The third kappa shape index (κ3) is 6.40.